The lowest BCUT2D eigenvalue weighted by Crippen LogP contribution is -2.28. The molecule has 2 aromatic rings. The molecule has 1 heterocycles. The van der Waals surface area contributed by atoms with Crippen LogP contribution in [0.3, 0.4) is 0 Å². The summed E-state index contributed by atoms with van der Waals surface area (Å²) in [7, 11) is 0. The van der Waals surface area contributed by atoms with E-state index in [0.29, 0.717) is 6.04 Å². The van der Waals surface area contributed by atoms with Crippen molar-refractivity contribution >= 4 is 0 Å². The fourth-order valence-electron chi connectivity index (χ4n) is 1.98. The second-order valence-electron chi connectivity index (χ2n) is 4.48. The minimum atomic E-state index is 0.235. The van der Waals surface area contributed by atoms with Crippen LogP contribution in [-0.2, 0) is 0 Å². The third-order valence-corrected chi connectivity index (χ3v) is 3.12. The number of nitrogens with one attached hydrogen (secondary N) is 1. The lowest BCUT2D eigenvalue weighted by molar-refractivity contribution is 0.478. The summed E-state index contributed by atoms with van der Waals surface area (Å²) < 4.78 is 1.92. The molecule has 0 saturated heterocycles. The van der Waals surface area contributed by atoms with Gasteiger partial charge in [0.1, 0.15) is 12.7 Å². The summed E-state index contributed by atoms with van der Waals surface area (Å²) in [6, 6.07) is 11.4. The molecule has 1 aliphatic rings. The van der Waals surface area contributed by atoms with Crippen molar-refractivity contribution in [3.05, 3.63) is 48.5 Å². The second kappa shape index (κ2) is 4.67. The molecule has 3 rings (SSSR count). The maximum absolute atomic E-state index is 4.26. The van der Waals surface area contributed by atoms with Gasteiger partial charge in [0.25, 0.3) is 0 Å². The van der Waals surface area contributed by atoms with Gasteiger partial charge in [0, 0.05) is 12.6 Å². The standard InChI is InChI=1S/C13H16N4/c1-2-4-11(5-3-1)13(8-15-12-6-7-12)17-10-14-9-16-17/h1-5,9-10,12-13,15H,6-8H2. The van der Waals surface area contributed by atoms with E-state index in [2.05, 4.69) is 39.7 Å². The van der Waals surface area contributed by atoms with Gasteiger partial charge in [-0.15, -0.1) is 0 Å². The van der Waals surface area contributed by atoms with Crippen molar-refractivity contribution in [2.24, 2.45) is 0 Å². The van der Waals surface area contributed by atoms with Gasteiger partial charge in [-0.25, -0.2) is 9.67 Å². The molecule has 1 unspecified atom stereocenters. The molecule has 0 radical (unpaired) electrons. The summed E-state index contributed by atoms with van der Waals surface area (Å²) in [4.78, 5) is 4.04. The Morgan fingerprint density at radius 1 is 1.29 bits per heavy atom. The molecular weight excluding hydrogens is 212 g/mol. The first-order valence-corrected chi connectivity index (χ1v) is 6.06. The van der Waals surface area contributed by atoms with E-state index in [9.17, 15) is 0 Å². The minimum absolute atomic E-state index is 0.235. The highest BCUT2D eigenvalue weighted by Gasteiger charge is 2.23. The van der Waals surface area contributed by atoms with Crippen LogP contribution in [0.5, 0.6) is 0 Å². The van der Waals surface area contributed by atoms with Gasteiger partial charge < -0.3 is 5.32 Å². The minimum Gasteiger partial charge on any atom is -0.312 e. The molecule has 1 aromatic carbocycles. The van der Waals surface area contributed by atoms with Crippen molar-refractivity contribution in [1.29, 1.82) is 0 Å². The highest BCUT2D eigenvalue weighted by Crippen LogP contribution is 2.21. The Bertz CT molecular complexity index is 448. The number of aromatic nitrogens is 3. The van der Waals surface area contributed by atoms with Crippen LogP contribution in [0, 0.1) is 0 Å². The van der Waals surface area contributed by atoms with E-state index < -0.39 is 0 Å². The maximum atomic E-state index is 4.26. The number of hydrogen-bond acceptors (Lipinski definition) is 3. The Balaban J connectivity index is 1.80. The second-order valence-corrected chi connectivity index (χ2v) is 4.48. The molecule has 0 spiro atoms. The van der Waals surface area contributed by atoms with Crippen LogP contribution in [0.15, 0.2) is 43.0 Å². The third-order valence-electron chi connectivity index (χ3n) is 3.12. The molecule has 0 bridgehead atoms. The SMILES string of the molecule is c1ccc(C(CNC2CC2)n2cncn2)cc1. The summed E-state index contributed by atoms with van der Waals surface area (Å²) in [5.74, 6) is 0. The van der Waals surface area contributed by atoms with Crippen molar-refractivity contribution < 1.29 is 0 Å². The molecule has 1 saturated carbocycles. The van der Waals surface area contributed by atoms with Gasteiger partial charge in [-0.3, -0.25) is 0 Å². The highest BCUT2D eigenvalue weighted by molar-refractivity contribution is 5.19. The van der Waals surface area contributed by atoms with Crippen LogP contribution in [0.4, 0.5) is 0 Å². The van der Waals surface area contributed by atoms with Crippen LogP contribution in [0.1, 0.15) is 24.4 Å². The van der Waals surface area contributed by atoms with Crippen molar-refractivity contribution in [2.75, 3.05) is 6.54 Å². The van der Waals surface area contributed by atoms with Crippen molar-refractivity contribution in [1.82, 2.24) is 20.1 Å². The summed E-state index contributed by atoms with van der Waals surface area (Å²) in [6.45, 7) is 0.915. The Morgan fingerprint density at radius 2 is 2.12 bits per heavy atom. The van der Waals surface area contributed by atoms with Gasteiger partial charge >= 0.3 is 0 Å². The van der Waals surface area contributed by atoms with Gasteiger partial charge in [-0.05, 0) is 18.4 Å². The van der Waals surface area contributed by atoms with Crippen molar-refractivity contribution in [2.45, 2.75) is 24.9 Å². The normalized spacial score (nSPS) is 16.9. The zero-order valence-electron chi connectivity index (χ0n) is 9.66. The molecule has 1 N–H and O–H groups in total. The molecular formula is C13H16N4. The number of hydrogen-bond donors (Lipinski definition) is 1. The largest absolute Gasteiger partial charge is 0.312 e. The highest BCUT2D eigenvalue weighted by atomic mass is 15.3. The van der Waals surface area contributed by atoms with E-state index in [1.807, 2.05) is 10.7 Å². The van der Waals surface area contributed by atoms with Crippen LogP contribution >= 0.6 is 0 Å². The van der Waals surface area contributed by atoms with Gasteiger partial charge in [-0.1, -0.05) is 30.3 Å². The summed E-state index contributed by atoms with van der Waals surface area (Å²) in [5.41, 5.74) is 1.27. The quantitative estimate of drug-likeness (QED) is 0.845. The van der Waals surface area contributed by atoms with Crippen molar-refractivity contribution in [3.8, 4) is 0 Å². The molecule has 1 aliphatic carbocycles. The van der Waals surface area contributed by atoms with E-state index >= 15 is 0 Å². The predicted molar refractivity (Wildman–Crippen MR) is 65.6 cm³/mol. The van der Waals surface area contributed by atoms with E-state index in [0.717, 1.165) is 6.54 Å². The molecule has 1 aromatic heterocycles. The Morgan fingerprint density at radius 3 is 2.76 bits per heavy atom. The van der Waals surface area contributed by atoms with Gasteiger partial charge in [0.2, 0.25) is 0 Å². The van der Waals surface area contributed by atoms with E-state index in [1.54, 1.807) is 12.7 Å². The lowest BCUT2D eigenvalue weighted by Gasteiger charge is -2.18. The van der Waals surface area contributed by atoms with Crippen LogP contribution < -0.4 is 5.32 Å². The molecule has 0 aliphatic heterocycles. The Hall–Kier alpha value is -1.68. The monoisotopic (exact) mass is 228 g/mol. The van der Waals surface area contributed by atoms with Crippen LogP contribution in [-0.4, -0.2) is 27.4 Å². The van der Waals surface area contributed by atoms with Gasteiger partial charge in [0.05, 0.1) is 6.04 Å². The number of rotatable bonds is 5. The molecule has 1 fully saturated rings. The van der Waals surface area contributed by atoms with E-state index in [1.165, 1.54) is 18.4 Å². The number of benzene rings is 1. The molecule has 4 nitrogen and oxygen atoms in total. The Kier molecular flexibility index (Phi) is 2.88. The smallest absolute Gasteiger partial charge is 0.137 e. The summed E-state index contributed by atoms with van der Waals surface area (Å²) >= 11 is 0. The Labute approximate surface area is 101 Å². The van der Waals surface area contributed by atoms with E-state index in [4.69, 9.17) is 0 Å². The van der Waals surface area contributed by atoms with Crippen LogP contribution in [0.2, 0.25) is 0 Å². The zero-order valence-corrected chi connectivity index (χ0v) is 9.66. The average molecular weight is 228 g/mol. The average Bonchev–Trinajstić information content (AvgIpc) is 3.04. The molecule has 88 valence electrons. The first-order valence-electron chi connectivity index (χ1n) is 6.06. The number of nitrogens with zero attached hydrogens (tertiary/aromatic N) is 3. The van der Waals surface area contributed by atoms with Gasteiger partial charge in [0.15, 0.2) is 0 Å². The first kappa shape index (κ1) is 10.5. The zero-order chi connectivity index (χ0) is 11.5. The molecule has 17 heavy (non-hydrogen) atoms. The molecule has 1 atom stereocenters. The fraction of sp³-hybridized carbons (Fsp3) is 0.385. The van der Waals surface area contributed by atoms with Crippen molar-refractivity contribution in [3.63, 3.8) is 0 Å². The summed E-state index contributed by atoms with van der Waals surface area (Å²) in [5, 5.41) is 7.81. The van der Waals surface area contributed by atoms with Gasteiger partial charge in [-0.2, -0.15) is 5.10 Å². The van der Waals surface area contributed by atoms with Crippen LogP contribution in [0.25, 0.3) is 0 Å². The first-order chi connectivity index (χ1) is 8.43. The summed E-state index contributed by atoms with van der Waals surface area (Å²) in [6.07, 6.45) is 5.98. The topological polar surface area (TPSA) is 42.7 Å². The molecule has 4 heteroatoms. The maximum Gasteiger partial charge on any atom is 0.137 e. The lowest BCUT2D eigenvalue weighted by atomic mass is 10.1. The van der Waals surface area contributed by atoms with E-state index in [-0.39, 0.29) is 6.04 Å². The third kappa shape index (κ3) is 2.53. The molecule has 0 amide bonds. The predicted octanol–water partition coefficient (Wildman–Crippen LogP) is 1.62. The fourth-order valence-corrected chi connectivity index (χ4v) is 1.98.